The third-order valence-corrected chi connectivity index (χ3v) is 5.91. The zero-order valence-corrected chi connectivity index (χ0v) is 14.2. The molecule has 1 aromatic heterocycles. The summed E-state index contributed by atoms with van der Waals surface area (Å²) in [6, 6.07) is 10.6. The van der Waals surface area contributed by atoms with Gasteiger partial charge in [0, 0.05) is 23.9 Å². The monoisotopic (exact) mass is 351 g/mol. The van der Waals surface area contributed by atoms with E-state index in [9.17, 15) is 0 Å². The number of benzene rings is 1. The maximum atomic E-state index is 6.23. The first-order valence-electron chi connectivity index (χ1n) is 8.08. The van der Waals surface area contributed by atoms with Gasteiger partial charge in [0.1, 0.15) is 16.5 Å². The minimum atomic E-state index is 0.370. The quantitative estimate of drug-likeness (QED) is 0.851. The van der Waals surface area contributed by atoms with E-state index in [1.54, 1.807) is 12.3 Å². The largest absolute Gasteiger partial charge is 0.492 e. The molecule has 2 aromatic rings. The fourth-order valence-electron chi connectivity index (χ4n) is 3.98. The zero-order chi connectivity index (χ0) is 15.8. The Kier molecular flexibility index (Phi) is 4.27. The number of furan rings is 1. The molecular weight excluding hydrogens is 333 g/mol. The van der Waals surface area contributed by atoms with Crippen LogP contribution in [0.15, 0.2) is 41.0 Å². The topological polar surface area (TPSA) is 34.4 Å². The van der Waals surface area contributed by atoms with Gasteiger partial charge in [-0.1, -0.05) is 29.3 Å². The molecule has 1 N–H and O–H groups in total. The van der Waals surface area contributed by atoms with Crippen LogP contribution in [0.25, 0.3) is 0 Å². The van der Waals surface area contributed by atoms with Crippen LogP contribution in [0.1, 0.15) is 30.9 Å². The van der Waals surface area contributed by atoms with Crippen molar-refractivity contribution in [3.8, 4) is 5.75 Å². The van der Waals surface area contributed by atoms with Crippen molar-refractivity contribution >= 4 is 23.2 Å². The summed E-state index contributed by atoms with van der Waals surface area (Å²) in [5, 5.41) is 4.72. The first-order valence-corrected chi connectivity index (χ1v) is 8.84. The molecule has 0 spiro atoms. The molecule has 0 saturated carbocycles. The SMILES string of the molecule is Clc1cccc(OCC2C3CCC(CC2c2ccco2)N3)c1Cl. The van der Waals surface area contributed by atoms with E-state index in [2.05, 4.69) is 11.4 Å². The molecule has 0 aliphatic carbocycles. The van der Waals surface area contributed by atoms with E-state index in [-0.39, 0.29) is 0 Å². The number of hydrogen-bond acceptors (Lipinski definition) is 3. The van der Waals surface area contributed by atoms with Gasteiger partial charge >= 0.3 is 0 Å². The molecule has 2 aliphatic rings. The van der Waals surface area contributed by atoms with E-state index in [4.69, 9.17) is 32.4 Å². The van der Waals surface area contributed by atoms with Crippen molar-refractivity contribution in [2.24, 2.45) is 5.92 Å². The average molecular weight is 352 g/mol. The smallest absolute Gasteiger partial charge is 0.139 e. The van der Waals surface area contributed by atoms with E-state index >= 15 is 0 Å². The number of halogens is 2. The third-order valence-electron chi connectivity index (χ3n) is 5.10. The second-order valence-corrected chi connectivity index (χ2v) is 7.22. The molecule has 2 bridgehead atoms. The van der Waals surface area contributed by atoms with E-state index in [1.807, 2.05) is 18.2 Å². The molecule has 0 amide bonds. The van der Waals surface area contributed by atoms with E-state index in [0.717, 1.165) is 12.2 Å². The van der Waals surface area contributed by atoms with Gasteiger partial charge < -0.3 is 14.5 Å². The molecule has 4 unspecified atom stereocenters. The van der Waals surface area contributed by atoms with Gasteiger partial charge in [0.15, 0.2) is 0 Å². The van der Waals surface area contributed by atoms with Crippen LogP contribution in [0.2, 0.25) is 10.0 Å². The number of ether oxygens (including phenoxy) is 1. The Hall–Kier alpha value is -1.16. The van der Waals surface area contributed by atoms with Gasteiger partial charge in [-0.05, 0) is 43.5 Å². The summed E-state index contributed by atoms with van der Waals surface area (Å²) in [6.07, 6.45) is 5.28. The standard InChI is InChI=1S/C18H19Cl2NO2/c19-14-3-1-4-17(18(14)20)23-10-13-12(16-5-2-8-22-16)9-11-6-7-15(13)21-11/h1-5,8,11-13,15,21H,6-7,9-10H2. The molecule has 4 rings (SSSR count). The number of nitrogens with one attached hydrogen (secondary N) is 1. The molecule has 2 aliphatic heterocycles. The predicted molar refractivity (Wildman–Crippen MR) is 91.5 cm³/mol. The normalized spacial score (nSPS) is 29.7. The van der Waals surface area contributed by atoms with Crippen LogP contribution in [-0.4, -0.2) is 18.7 Å². The molecule has 3 heterocycles. The van der Waals surface area contributed by atoms with Crippen molar-refractivity contribution in [1.82, 2.24) is 5.32 Å². The van der Waals surface area contributed by atoms with Crippen molar-refractivity contribution in [3.63, 3.8) is 0 Å². The van der Waals surface area contributed by atoms with E-state index < -0.39 is 0 Å². The lowest BCUT2D eigenvalue weighted by atomic mass is 9.80. The molecule has 23 heavy (non-hydrogen) atoms. The summed E-state index contributed by atoms with van der Waals surface area (Å²) in [5.41, 5.74) is 0. The molecule has 122 valence electrons. The van der Waals surface area contributed by atoms with Gasteiger partial charge in [-0.2, -0.15) is 0 Å². The maximum absolute atomic E-state index is 6.23. The Morgan fingerprint density at radius 1 is 1.17 bits per heavy atom. The average Bonchev–Trinajstić information content (AvgIpc) is 3.20. The Labute approximate surface area is 145 Å². The third kappa shape index (κ3) is 2.98. The van der Waals surface area contributed by atoms with Crippen LogP contribution in [0.4, 0.5) is 0 Å². The second-order valence-electron chi connectivity index (χ2n) is 6.43. The molecule has 2 saturated heterocycles. The lowest BCUT2D eigenvalue weighted by molar-refractivity contribution is 0.148. The van der Waals surface area contributed by atoms with E-state index in [1.165, 1.54) is 12.8 Å². The molecule has 5 heteroatoms. The number of piperidine rings is 1. The van der Waals surface area contributed by atoms with Gasteiger partial charge in [-0.3, -0.25) is 0 Å². The number of rotatable bonds is 4. The summed E-state index contributed by atoms with van der Waals surface area (Å²) in [6.45, 7) is 0.607. The van der Waals surface area contributed by atoms with Gasteiger partial charge in [-0.15, -0.1) is 0 Å². The summed E-state index contributed by atoms with van der Waals surface area (Å²) >= 11 is 12.3. The Morgan fingerprint density at radius 3 is 2.91 bits per heavy atom. The van der Waals surface area contributed by atoms with Gasteiger partial charge in [0.25, 0.3) is 0 Å². The Bertz CT molecular complexity index is 674. The highest BCUT2D eigenvalue weighted by atomic mass is 35.5. The molecular formula is C18H19Cl2NO2. The number of fused-ring (bicyclic) bond motifs is 2. The van der Waals surface area contributed by atoms with Crippen LogP contribution < -0.4 is 10.1 Å². The van der Waals surface area contributed by atoms with Crippen LogP contribution in [0.5, 0.6) is 5.75 Å². The highest BCUT2D eigenvalue weighted by Gasteiger charge is 2.43. The minimum absolute atomic E-state index is 0.370. The van der Waals surface area contributed by atoms with Crippen LogP contribution in [0.3, 0.4) is 0 Å². The van der Waals surface area contributed by atoms with Crippen molar-refractivity contribution < 1.29 is 9.15 Å². The molecule has 4 atom stereocenters. The van der Waals surface area contributed by atoms with Gasteiger partial charge in [0.2, 0.25) is 0 Å². The Balaban J connectivity index is 1.54. The molecule has 1 aromatic carbocycles. The van der Waals surface area contributed by atoms with Crippen molar-refractivity contribution in [3.05, 3.63) is 52.4 Å². The molecule has 2 fully saturated rings. The first kappa shape index (κ1) is 15.4. The number of hydrogen-bond donors (Lipinski definition) is 1. The van der Waals surface area contributed by atoms with Crippen molar-refractivity contribution in [2.75, 3.05) is 6.61 Å². The lowest BCUT2D eigenvalue weighted by Crippen LogP contribution is -2.46. The van der Waals surface area contributed by atoms with Gasteiger partial charge in [-0.25, -0.2) is 0 Å². The first-order chi connectivity index (χ1) is 11.2. The van der Waals surface area contributed by atoms with Crippen molar-refractivity contribution in [2.45, 2.75) is 37.3 Å². The van der Waals surface area contributed by atoms with Gasteiger partial charge in [0.05, 0.1) is 17.9 Å². The van der Waals surface area contributed by atoms with Crippen molar-refractivity contribution in [1.29, 1.82) is 0 Å². The second kappa shape index (κ2) is 6.39. The van der Waals surface area contributed by atoms with Crippen LogP contribution in [0, 0.1) is 5.92 Å². The fraction of sp³-hybridized carbons (Fsp3) is 0.444. The highest BCUT2D eigenvalue weighted by molar-refractivity contribution is 6.42. The fourth-order valence-corrected chi connectivity index (χ4v) is 4.33. The molecule has 3 nitrogen and oxygen atoms in total. The zero-order valence-electron chi connectivity index (χ0n) is 12.7. The van der Waals surface area contributed by atoms with Crippen LogP contribution >= 0.6 is 23.2 Å². The Morgan fingerprint density at radius 2 is 2.09 bits per heavy atom. The highest BCUT2D eigenvalue weighted by Crippen LogP contribution is 2.42. The summed E-state index contributed by atoms with van der Waals surface area (Å²) in [5.74, 6) is 2.48. The summed E-state index contributed by atoms with van der Waals surface area (Å²) in [4.78, 5) is 0. The van der Waals surface area contributed by atoms with E-state index in [0.29, 0.717) is 46.3 Å². The van der Waals surface area contributed by atoms with Crippen LogP contribution in [-0.2, 0) is 0 Å². The maximum Gasteiger partial charge on any atom is 0.139 e. The lowest BCUT2D eigenvalue weighted by Gasteiger charge is -2.36. The summed E-state index contributed by atoms with van der Waals surface area (Å²) in [7, 11) is 0. The summed E-state index contributed by atoms with van der Waals surface area (Å²) < 4.78 is 11.7. The molecule has 0 radical (unpaired) electrons. The predicted octanol–water partition coefficient (Wildman–Crippen LogP) is 4.89. The minimum Gasteiger partial charge on any atom is -0.492 e.